The summed E-state index contributed by atoms with van der Waals surface area (Å²) in [6.45, 7) is 1.80. The Kier molecular flexibility index (Phi) is 3.35. The van der Waals surface area contributed by atoms with Gasteiger partial charge in [0.15, 0.2) is 0 Å². The van der Waals surface area contributed by atoms with Crippen LogP contribution in [0.25, 0.3) is 11.1 Å². The highest BCUT2D eigenvalue weighted by Gasteiger charge is 2.30. The van der Waals surface area contributed by atoms with E-state index in [0.717, 1.165) is 17.7 Å². The van der Waals surface area contributed by atoms with Crippen molar-refractivity contribution in [2.24, 2.45) is 0 Å². The zero-order valence-corrected chi connectivity index (χ0v) is 10.2. The molecule has 1 radical (unpaired) electrons. The van der Waals surface area contributed by atoms with Crippen molar-refractivity contribution in [1.29, 1.82) is 0 Å². The molecular weight excluding hydrogens is 261 g/mol. The van der Waals surface area contributed by atoms with Crippen molar-refractivity contribution in [3.05, 3.63) is 58.6 Å². The summed E-state index contributed by atoms with van der Waals surface area (Å²) in [5.74, 6) is 0. The van der Waals surface area contributed by atoms with Crippen LogP contribution in [0.4, 0.5) is 13.2 Å². The van der Waals surface area contributed by atoms with E-state index >= 15 is 0 Å². The lowest BCUT2D eigenvalue weighted by Crippen LogP contribution is -2.04. The molecule has 2 rings (SSSR count). The van der Waals surface area contributed by atoms with Crippen molar-refractivity contribution in [1.82, 2.24) is 0 Å². The van der Waals surface area contributed by atoms with E-state index in [-0.39, 0.29) is 0 Å². The minimum Gasteiger partial charge on any atom is -0.166 e. The maximum absolute atomic E-state index is 12.4. The summed E-state index contributed by atoms with van der Waals surface area (Å²) >= 11 is 6.10. The van der Waals surface area contributed by atoms with Crippen LogP contribution in [0.3, 0.4) is 0 Å². The predicted octanol–water partition coefficient (Wildman–Crippen LogP) is 5.13. The second-order valence-corrected chi connectivity index (χ2v) is 4.28. The van der Waals surface area contributed by atoms with Crippen LogP contribution in [0, 0.1) is 13.0 Å². The average molecular weight is 270 g/mol. The molecule has 2 aromatic carbocycles. The summed E-state index contributed by atoms with van der Waals surface area (Å²) in [6, 6.07) is 11.3. The maximum atomic E-state index is 12.4. The fourth-order valence-corrected chi connectivity index (χ4v) is 1.88. The van der Waals surface area contributed by atoms with E-state index in [0.29, 0.717) is 16.1 Å². The minimum atomic E-state index is -4.32. The first-order chi connectivity index (χ1) is 8.39. The van der Waals surface area contributed by atoms with Gasteiger partial charge in [-0.05, 0) is 36.2 Å². The van der Waals surface area contributed by atoms with Crippen LogP contribution in [0.5, 0.6) is 0 Å². The van der Waals surface area contributed by atoms with Crippen LogP contribution in [0.2, 0.25) is 5.02 Å². The van der Waals surface area contributed by atoms with Gasteiger partial charge in [0, 0.05) is 5.56 Å². The molecule has 0 nitrogen and oxygen atoms in total. The highest BCUT2D eigenvalue weighted by atomic mass is 35.5. The van der Waals surface area contributed by atoms with Crippen molar-refractivity contribution in [3.8, 4) is 11.1 Å². The maximum Gasteiger partial charge on any atom is 0.416 e. The van der Waals surface area contributed by atoms with E-state index in [2.05, 4.69) is 6.07 Å². The first-order valence-electron chi connectivity index (χ1n) is 5.24. The Hall–Kier alpha value is -1.48. The lowest BCUT2D eigenvalue weighted by atomic mass is 10.0. The summed E-state index contributed by atoms with van der Waals surface area (Å²) in [5.41, 5.74) is 1.47. The summed E-state index contributed by atoms with van der Waals surface area (Å²) in [6.07, 6.45) is -4.32. The molecule has 0 saturated heterocycles. The quantitative estimate of drug-likeness (QED) is 0.673. The fraction of sp³-hybridized carbons (Fsp3) is 0.143. The summed E-state index contributed by atoms with van der Waals surface area (Å²) in [4.78, 5) is 0. The highest BCUT2D eigenvalue weighted by Crippen LogP contribution is 2.33. The number of rotatable bonds is 1. The summed E-state index contributed by atoms with van der Waals surface area (Å²) < 4.78 is 37.3. The molecule has 0 aliphatic rings. The van der Waals surface area contributed by atoms with Crippen molar-refractivity contribution in [3.63, 3.8) is 0 Å². The molecule has 18 heavy (non-hydrogen) atoms. The lowest BCUT2D eigenvalue weighted by molar-refractivity contribution is -0.137. The summed E-state index contributed by atoms with van der Waals surface area (Å²) in [7, 11) is 0. The van der Waals surface area contributed by atoms with E-state index in [9.17, 15) is 13.2 Å². The molecule has 0 heterocycles. The van der Waals surface area contributed by atoms with Crippen molar-refractivity contribution < 1.29 is 13.2 Å². The number of alkyl halides is 3. The van der Waals surface area contributed by atoms with Gasteiger partial charge in [0.2, 0.25) is 0 Å². The molecule has 0 aliphatic heterocycles. The van der Waals surface area contributed by atoms with E-state index in [1.54, 1.807) is 19.1 Å². The Morgan fingerprint density at radius 1 is 1.06 bits per heavy atom. The second-order valence-electron chi connectivity index (χ2n) is 3.91. The third kappa shape index (κ3) is 2.51. The van der Waals surface area contributed by atoms with Crippen LogP contribution in [-0.2, 0) is 6.18 Å². The van der Waals surface area contributed by atoms with Gasteiger partial charge in [0.05, 0.1) is 10.6 Å². The average Bonchev–Trinajstić information content (AvgIpc) is 2.32. The number of hydrogen-bond acceptors (Lipinski definition) is 0. The molecule has 4 heteroatoms. The first-order valence-corrected chi connectivity index (χ1v) is 5.62. The molecule has 0 unspecified atom stereocenters. The molecule has 2 aromatic rings. The van der Waals surface area contributed by atoms with Gasteiger partial charge in [0.25, 0.3) is 0 Å². The number of halogens is 4. The lowest BCUT2D eigenvalue weighted by Gasteiger charge is -2.09. The first kappa shape index (κ1) is 13.0. The smallest absolute Gasteiger partial charge is 0.166 e. The molecule has 0 spiro atoms. The Morgan fingerprint density at radius 3 is 2.22 bits per heavy atom. The van der Waals surface area contributed by atoms with Crippen molar-refractivity contribution in [2.45, 2.75) is 13.1 Å². The Bertz CT molecular complexity index is 556. The SMILES string of the molecule is Cc1[c]ccc(-c2ccc(C(F)(F)F)cc2)c1Cl. The predicted molar refractivity (Wildman–Crippen MR) is 65.5 cm³/mol. The van der Waals surface area contributed by atoms with Gasteiger partial charge in [-0.1, -0.05) is 35.9 Å². The number of benzene rings is 2. The largest absolute Gasteiger partial charge is 0.416 e. The number of hydrogen-bond donors (Lipinski definition) is 0. The summed E-state index contributed by atoms with van der Waals surface area (Å²) in [5, 5.41) is 0.511. The third-order valence-electron chi connectivity index (χ3n) is 2.64. The van der Waals surface area contributed by atoms with E-state index in [1.807, 2.05) is 0 Å². The van der Waals surface area contributed by atoms with Crippen LogP contribution in [0.1, 0.15) is 11.1 Å². The zero-order valence-electron chi connectivity index (χ0n) is 9.48. The van der Waals surface area contributed by atoms with Gasteiger partial charge in [0.1, 0.15) is 0 Å². The van der Waals surface area contributed by atoms with E-state index < -0.39 is 11.7 Å². The van der Waals surface area contributed by atoms with Gasteiger partial charge in [-0.25, -0.2) is 0 Å². The van der Waals surface area contributed by atoms with Crippen LogP contribution < -0.4 is 0 Å². The normalized spacial score (nSPS) is 11.6. The molecule has 0 atom stereocenters. The van der Waals surface area contributed by atoms with Crippen LogP contribution in [-0.4, -0.2) is 0 Å². The Morgan fingerprint density at radius 2 is 1.67 bits per heavy atom. The standard InChI is InChI=1S/C14H9ClF3/c1-9-3-2-4-12(13(9)15)10-5-7-11(8-6-10)14(16,17)18/h2,4-8H,1H3. The highest BCUT2D eigenvalue weighted by molar-refractivity contribution is 6.34. The van der Waals surface area contributed by atoms with Gasteiger partial charge in [-0.3, -0.25) is 0 Å². The van der Waals surface area contributed by atoms with Crippen LogP contribution >= 0.6 is 11.6 Å². The third-order valence-corrected chi connectivity index (χ3v) is 3.13. The molecule has 0 fully saturated rings. The molecule has 0 bridgehead atoms. The Balaban J connectivity index is 2.44. The number of aryl methyl sites for hydroxylation is 1. The fourth-order valence-electron chi connectivity index (χ4n) is 1.65. The van der Waals surface area contributed by atoms with E-state index in [1.165, 1.54) is 12.1 Å². The minimum absolute atomic E-state index is 0.511. The molecule has 0 amide bonds. The van der Waals surface area contributed by atoms with Gasteiger partial charge in [-0.2, -0.15) is 13.2 Å². The van der Waals surface area contributed by atoms with E-state index in [4.69, 9.17) is 11.6 Å². The molecule has 93 valence electrons. The van der Waals surface area contributed by atoms with Gasteiger partial charge in [-0.15, -0.1) is 0 Å². The van der Waals surface area contributed by atoms with Gasteiger partial charge >= 0.3 is 6.18 Å². The zero-order chi connectivity index (χ0) is 13.3. The Labute approximate surface area is 108 Å². The topological polar surface area (TPSA) is 0 Å². The second kappa shape index (κ2) is 4.65. The van der Waals surface area contributed by atoms with Crippen molar-refractivity contribution in [2.75, 3.05) is 0 Å². The molecule has 0 aromatic heterocycles. The molecule has 0 saturated carbocycles. The molecule has 0 aliphatic carbocycles. The van der Waals surface area contributed by atoms with Crippen LogP contribution in [0.15, 0.2) is 36.4 Å². The van der Waals surface area contributed by atoms with Crippen molar-refractivity contribution >= 4 is 11.6 Å². The molecule has 0 N–H and O–H groups in total. The van der Waals surface area contributed by atoms with Gasteiger partial charge < -0.3 is 0 Å². The molecular formula is C14H9ClF3. The monoisotopic (exact) mass is 269 g/mol.